The van der Waals surface area contributed by atoms with Crippen LogP contribution in [0.4, 0.5) is 24.5 Å². The molecule has 0 radical (unpaired) electrons. The predicted molar refractivity (Wildman–Crippen MR) is 76.8 cm³/mol. The zero-order valence-corrected chi connectivity index (χ0v) is 12.2. The van der Waals surface area contributed by atoms with E-state index in [-0.39, 0.29) is 0 Å². The molecule has 0 bridgehead atoms. The summed E-state index contributed by atoms with van der Waals surface area (Å²) in [5.41, 5.74) is 6.57. The van der Waals surface area contributed by atoms with E-state index >= 15 is 0 Å². The van der Waals surface area contributed by atoms with E-state index in [9.17, 15) is 18.0 Å². The van der Waals surface area contributed by atoms with Gasteiger partial charge in [-0.05, 0) is 45.0 Å². The van der Waals surface area contributed by atoms with E-state index in [1.165, 1.54) is 6.92 Å². The van der Waals surface area contributed by atoms with Crippen molar-refractivity contribution in [1.82, 2.24) is 4.90 Å². The number of nitrogens with two attached hydrogens (primary N) is 1. The van der Waals surface area contributed by atoms with Crippen molar-refractivity contribution in [3.63, 3.8) is 0 Å². The Hall–Kier alpha value is -1.76. The number of amides is 1. The Kier molecular flexibility index (Phi) is 5.60. The van der Waals surface area contributed by atoms with Crippen LogP contribution in [-0.2, 0) is 4.79 Å². The van der Waals surface area contributed by atoms with Crippen molar-refractivity contribution < 1.29 is 18.0 Å². The largest absolute Gasteiger partial charge is 0.401 e. The van der Waals surface area contributed by atoms with E-state index in [1.807, 2.05) is 0 Å². The molecule has 118 valence electrons. The molecule has 0 aromatic heterocycles. The summed E-state index contributed by atoms with van der Waals surface area (Å²) in [7, 11) is 0. The fraction of sp³-hybridized carbons (Fsp3) is 0.500. The van der Waals surface area contributed by atoms with Crippen molar-refractivity contribution >= 4 is 17.3 Å². The van der Waals surface area contributed by atoms with Crippen molar-refractivity contribution in [2.75, 3.05) is 17.6 Å². The number of hydrogen-bond donors (Lipinski definition) is 2. The van der Waals surface area contributed by atoms with Crippen molar-refractivity contribution in [2.24, 2.45) is 0 Å². The lowest BCUT2D eigenvalue weighted by Crippen LogP contribution is -2.49. The Morgan fingerprint density at radius 1 is 1.24 bits per heavy atom. The fourth-order valence-corrected chi connectivity index (χ4v) is 1.94. The molecule has 1 atom stereocenters. The number of rotatable bonds is 5. The number of nitrogens with zero attached hydrogens (tertiary/aromatic N) is 1. The molecule has 7 heteroatoms. The summed E-state index contributed by atoms with van der Waals surface area (Å²) < 4.78 is 37.7. The van der Waals surface area contributed by atoms with Gasteiger partial charge in [-0.2, -0.15) is 13.2 Å². The highest BCUT2D eigenvalue weighted by molar-refractivity contribution is 5.94. The van der Waals surface area contributed by atoms with Gasteiger partial charge in [-0.1, -0.05) is 0 Å². The Labute approximate surface area is 122 Å². The van der Waals surface area contributed by atoms with Crippen LogP contribution in [0.1, 0.15) is 20.8 Å². The van der Waals surface area contributed by atoms with E-state index < -0.39 is 30.7 Å². The number of carbonyl (C=O) groups is 1. The second kappa shape index (κ2) is 6.80. The van der Waals surface area contributed by atoms with Gasteiger partial charge in [0.2, 0.25) is 5.91 Å². The van der Waals surface area contributed by atoms with E-state index in [1.54, 1.807) is 38.1 Å². The number of hydrogen-bond acceptors (Lipinski definition) is 3. The van der Waals surface area contributed by atoms with Crippen LogP contribution in [0, 0.1) is 0 Å². The van der Waals surface area contributed by atoms with E-state index in [4.69, 9.17) is 5.73 Å². The summed E-state index contributed by atoms with van der Waals surface area (Å²) in [4.78, 5) is 13.2. The highest BCUT2D eigenvalue weighted by Crippen LogP contribution is 2.20. The van der Waals surface area contributed by atoms with Crippen LogP contribution in [0.2, 0.25) is 0 Å². The molecule has 1 aromatic rings. The second-order valence-corrected chi connectivity index (χ2v) is 5.17. The quantitative estimate of drug-likeness (QED) is 0.822. The molecule has 1 unspecified atom stereocenters. The van der Waals surface area contributed by atoms with Crippen molar-refractivity contribution in [2.45, 2.75) is 39.0 Å². The van der Waals surface area contributed by atoms with Crippen molar-refractivity contribution in [3.05, 3.63) is 24.3 Å². The van der Waals surface area contributed by atoms with Crippen LogP contribution in [-0.4, -0.2) is 35.6 Å². The third-order valence-electron chi connectivity index (χ3n) is 3.08. The average Bonchev–Trinajstić information content (AvgIpc) is 2.36. The third-order valence-corrected chi connectivity index (χ3v) is 3.08. The smallest absolute Gasteiger partial charge is 0.399 e. The summed E-state index contributed by atoms with van der Waals surface area (Å²) in [5.74, 6) is -0.488. The van der Waals surface area contributed by atoms with E-state index in [2.05, 4.69) is 5.32 Å². The number of carbonyl (C=O) groups excluding carboxylic acids is 1. The number of halogens is 3. The Balaban J connectivity index is 2.76. The SMILES string of the molecule is CC(C)N(CC(F)(F)F)C(C)C(=O)Nc1ccc(N)cc1. The minimum Gasteiger partial charge on any atom is -0.399 e. The lowest BCUT2D eigenvalue weighted by Gasteiger charge is -2.32. The second-order valence-electron chi connectivity index (χ2n) is 5.17. The van der Waals surface area contributed by atoms with Crippen molar-refractivity contribution in [3.8, 4) is 0 Å². The monoisotopic (exact) mass is 303 g/mol. The Bertz CT molecular complexity index is 471. The molecule has 0 saturated heterocycles. The summed E-state index contributed by atoms with van der Waals surface area (Å²) in [6.07, 6.45) is -4.35. The Morgan fingerprint density at radius 3 is 2.19 bits per heavy atom. The first-order valence-corrected chi connectivity index (χ1v) is 6.59. The van der Waals surface area contributed by atoms with Gasteiger partial charge in [0.05, 0.1) is 12.6 Å². The number of anilines is 2. The zero-order valence-electron chi connectivity index (χ0n) is 12.2. The van der Waals surface area contributed by atoms with Gasteiger partial charge < -0.3 is 11.1 Å². The highest BCUT2D eigenvalue weighted by Gasteiger charge is 2.35. The van der Waals surface area contributed by atoms with Gasteiger partial charge in [0.1, 0.15) is 0 Å². The van der Waals surface area contributed by atoms with Crippen LogP contribution in [0.5, 0.6) is 0 Å². The minimum atomic E-state index is -4.35. The number of alkyl halides is 3. The van der Waals surface area contributed by atoms with Crippen molar-refractivity contribution in [1.29, 1.82) is 0 Å². The maximum atomic E-state index is 12.6. The normalized spacial score (nSPS) is 13.5. The molecule has 1 amide bonds. The maximum Gasteiger partial charge on any atom is 0.401 e. The maximum absolute atomic E-state index is 12.6. The van der Waals surface area contributed by atoms with Crippen LogP contribution < -0.4 is 11.1 Å². The van der Waals surface area contributed by atoms with E-state index in [0.717, 1.165) is 4.90 Å². The first-order valence-electron chi connectivity index (χ1n) is 6.59. The van der Waals surface area contributed by atoms with Gasteiger partial charge in [0.25, 0.3) is 0 Å². The molecule has 1 rings (SSSR count). The molecule has 0 saturated carbocycles. The highest BCUT2D eigenvalue weighted by atomic mass is 19.4. The summed E-state index contributed by atoms with van der Waals surface area (Å²) in [6, 6.07) is 5.11. The molecular formula is C14H20F3N3O. The van der Waals surface area contributed by atoms with Gasteiger partial charge in [0, 0.05) is 17.4 Å². The molecule has 0 aliphatic heterocycles. The first kappa shape index (κ1) is 17.3. The summed E-state index contributed by atoms with van der Waals surface area (Å²) >= 11 is 0. The van der Waals surface area contributed by atoms with Crippen LogP contribution >= 0.6 is 0 Å². The van der Waals surface area contributed by atoms with Gasteiger partial charge in [-0.25, -0.2) is 0 Å². The zero-order chi connectivity index (χ0) is 16.2. The molecule has 1 aromatic carbocycles. The van der Waals surface area contributed by atoms with Gasteiger partial charge in [-0.3, -0.25) is 9.69 Å². The van der Waals surface area contributed by atoms with Gasteiger partial charge >= 0.3 is 6.18 Å². The molecule has 0 aliphatic carbocycles. The lowest BCUT2D eigenvalue weighted by molar-refractivity contribution is -0.157. The fourth-order valence-electron chi connectivity index (χ4n) is 1.94. The molecule has 4 nitrogen and oxygen atoms in total. The molecule has 0 fully saturated rings. The molecule has 0 aliphatic rings. The summed E-state index contributed by atoms with van der Waals surface area (Å²) in [5, 5.41) is 2.59. The topological polar surface area (TPSA) is 58.4 Å². The predicted octanol–water partition coefficient (Wildman–Crippen LogP) is 2.87. The molecule has 21 heavy (non-hydrogen) atoms. The number of benzene rings is 1. The molecule has 0 heterocycles. The van der Waals surface area contributed by atoms with Crippen LogP contribution in [0.3, 0.4) is 0 Å². The lowest BCUT2D eigenvalue weighted by atomic mass is 10.2. The molecule has 3 N–H and O–H groups in total. The van der Waals surface area contributed by atoms with Gasteiger partial charge in [-0.15, -0.1) is 0 Å². The molecule has 0 spiro atoms. The first-order chi connectivity index (χ1) is 9.60. The minimum absolute atomic E-state index is 0.404. The Morgan fingerprint density at radius 2 is 1.76 bits per heavy atom. The van der Waals surface area contributed by atoms with E-state index in [0.29, 0.717) is 11.4 Å². The summed E-state index contributed by atoms with van der Waals surface area (Å²) in [6.45, 7) is 3.58. The van der Waals surface area contributed by atoms with Crippen LogP contribution in [0.15, 0.2) is 24.3 Å². The standard InChI is InChI=1S/C14H20F3N3O/c1-9(2)20(8-14(15,16)17)10(3)13(21)19-12-6-4-11(18)5-7-12/h4-7,9-10H,8,18H2,1-3H3,(H,19,21). The number of nitrogens with one attached hydrogen (secondary N) is 1. The molecular weight excluding hydrogens is 283 g/mol. The van der Waals surface area contributed by atoms with Gasteiger partial charge in [0.15, 0.2) is 0 Å². The average molecular weight is 303 g/mol. The van der Waals surface area contributed by atoms with Crippen LogP contribution in [0.25, 0.3) is 0 Å². The number of nitrogen functional groups attached to an aromatic ring is 1. The third kappa shape index (κ3) is 5.63.